The third-order valence-corrected chi connectivity index (χ3v) is 5.39. The SMILES string of the molecule is C[C@H]1C[C@@H](N)CN1c1cc2c(cc1F)c(=O)c(C(=O)O)cn2-c1ccc(F)cc1F. The molecule has 6 nitrogen and oxygen atoms in total. The molecule has 0 bridgehead atoms. The normalized spacial score (nSPS) is 18.9. The van der Waals surface area contributed by atoms with Crippen LogP contribution >= 0.6 is 0 Å². The predicted octanol–water partition coefficient (Wildman–Crippen LogP) is 3.03. The summed E-state index contributed by atoms with van der Waals surface area (Å²) in [6.45, 7) is 2.28. The second-order valence-electron chi connectivity index (χ2n) is 7.46. The standard InChI is InChI=1S/C21H18F3N3O3/c1-10-4-12(25)8-26(10)19-7-18-13(6-16(19)24)20(28)14(21(29)30)9-27(18)17-3-2-11(22)5-15(17)23/h2-3,5-7,9-10,12H,4,8,25H2,1H3,(H,29,30)/t10-,12+/m0/s1. The van der Waals surface area contributed by atoms with Gasteiger partial charge in [-0.3, -0.25) is 4.79 Å². The van der Waals surface area contributed by atoms with E-state index in [2.05, 4.69) is 0 Å². The Hall–Kier alpha value is -3.33. The molecule has 0 unspecified atom stereocenters. The maximum Gasteiger partial charge on any atom is 0.341 e. The summed E-state index contributed by atoms with van der Waals surface area (Å²) in [7, 11) is 0. The number of fused-ring (bicyclic) bond motifs is 1. The molecule has 0 radical (unpaired) electrons. The van der Waals surface area contributed by atoms with Gasteiger partial charge in [0.1, 0.15) is 23.0 Å². The summed E-state index contributed by atoms with van der Waals surface area (Å²) in [6, 6.07) is 4.88. The van der Waals surface area contributed by atoms with E-state index in [9.17, 15) is 27.9 Å². The van der Waals surface area contributed by atoms with Crippen molar-refractivity contribution < 1.29 is 23.1 Å². The first-order chi connectivity index (χ1) is 14.2. The maximum atomic E-state index is 14.9. The second kappa shape index (κ2) is 7.17. The van der Waals surface area contributed by atoms with Gasteiger partial charge in [-0.25, -0.2) is 18.0 Å². The van der Waals surface area contributed by atoms with Crippen LogP contribution in [0.2, 0.25) is 0 Å². The summed E-state index contributed by atoms with van der Waals surface area (Å²) in [6.07, 6.45) is 1.61. The van der Waals surface area contributed by atoms with E-state index in [0.29, 0.717) is 19.0 Å². The van der Waals surface area contributed by atoms with Crippen LogP contribution < -0.4 is 16.1 Å². The van der Waals surface area contributed by atoms with Gasteiger partial charge in [0.25, 0.3) is 0 Å². The van der Waals surface area contributed by atoms with Crippen LogP contribution in [0.4, 0.5) is 18.9 Å². The van der Waals surface area contributed by atoms with Crippen molar-refractivity contribution in [3.05, 3.63) is 69.8 Å². The fraction of sp³-hybridized carbons (Fsp3) is 0.238. The van der Waals surface area contributed by atoms with Gasteiger partial charge < -0.3 is 20.3 Å². The van der Waals surface area contributed by atoms with E-state index in [4.69, 9.17) is 5.73 Å². The Balaban J connectivity index is 2.06. The Kier molecular flexibility index (Phi) is 4.77. The zero-order valence-corrected chi connectivity index (χ0v) is 15.9. The van der Waals surface area contributed by atoms with Gasteiger partial charge in [0.2, 0.25) is 5.43 Å². The van der Waals surface area contributed by atoms with E-state index in [-0.39, 0.29) is 34.4 Å². The highest BCUT2D eigenvalue weighted by Crippen LogP contribution is 2.32. The fourth-order valence-corrected chi connectivity index (χ4v) is 3.99. The van der Waals surface area contributed by atoms with Crippen molar-refractivity contribution in [2.75, 3.05) is 11.4 Å². The van der Waals surface area contributed by atoms with Crippen molar-refractivity contribution in [2.24, 2.45) is 5.73 Å². The summed E-state index contributed by atoms with van der Waals surface area (Å²) in [4.78, 5) is 25.9. The molecule has 2 atom stereocenters. The highest BCUT2D eigenvalue weighted by molar-refractivity contribution is 5.94. The van der Waals surface area contributed by atoms with Crippen LogP contribution in [-0.4, -0.2) is 34.3 Å². The van der Waals surface area contributed by atoms with Crippen molar-refractivity contribution in [2.45, 2.75) is 25.4 Å². The molecule has 1 aromatic heterocycles. The smallest absolute Gasteiger partial charge is 0.341 e. The topological polar surface area (TPSA) is 88.6 Å². The monoisotopic (exact) mass is 417 g/mol. The van der Waals surface area contributed by atoms with Crippen LogP contribution in [0.3, 0.4) is 0 Å². The highest BCUT2D eigenvalue weighted by atomic mass is 19.1. The van der Waals surface area contributed by atoms with E-state index in [0.717, 1.165) is 29.0 Å². The fourth-order valence-electron chi connectivity index (χ4n) is 3.99. The Bertz CT molecular complexity index is 1240. The third-order valence-electron chi connectivity index (χ3n) is 5.39. The van der Waals surface area contributed by atoms with E-state index in [1.165, 1.54) is 6.07 Å². The first-order valence-electron chi connectivity index (χ1n) is 9.27. The number of rotatable bonds is 3. The van der Waals surface area contributed by atoms with Crippen molar-refractivity contribution >= 4 is 22.6 Å². The van der Waals surface area contributed by atoms with E-state index in [1.54, 1.807) is 4.90 Å². The molecule has 9 heteroatoms. The van der Waals surface area contributed by atoms with Gasteiger partial charge in [-0.2, -0.15) is 0 Å². The van der Waals surface area contributed by atoms with E-state index in [1.807, 2.05) is 6.92 Å². The molecule has 30 heavy (non-hydrogen) atoms. The molecule has 1 aliphatic heterocycles. The van der Waals surface area contributed by atoms with Gasteiger partial charge in [-0.1, -0.05) is 0 Å². The average Bonchev–Trinajstić information content (AvgIpc) is 3.00. The Morgan fingerprint density at radius 1 is 1.13 bits per heavy atom. The molecule has 0 aliphatic carbocycles. The van der Waals surface area contributed by atoms with Crippen LogP contribution in [0.25, 0.3) is 16.6 Å². The van der Waals surface area contributed by atoms with Crippen LogP contribution in [0.15, 0.2) is 41.3 Å². The average molecular weight is 417 g/mol. The number of carboxylic acid groups (broad SMARTS) is 1. The molecule has 4 rings (SSSR count). The lowest BCUT2D eigenvalue weighted by Gasteiger charge is -2.25. The Morgan fingerprint density at radius 2 is 1.83 bits per heavy atom. The van der Waals surface area contributed by atoms with Crippen LogP contribution in [0, 0.1) is 17.5 Å². The lowest BCUT2D eigenvalue weighted by Crippen LogP contribution is -2.30. The predicted molar refractivity (Wildman–Crippen MR) is 106 cm³/mol. The van der Waals surface area contributed by atoms with Crippen molar-refractivity contribution in [1.82, 2.24) is 4.57 Å². The summed E-state index contributed by atoms with van der Waals surface area (Å²) in [5.74, 6) is -4.03. The number of hydrogen-bond donors (Lipinski definition) is 2. The minimum absolute atomic E-state index is 0.0621. The van der Waals surface area contributed by atoms with Gasteiger partial charge in [-0.05, 0) is 37.6 Å². The number of aromatic carboxylic acids is 1. The summed E-state index contributed by atoms with van der Waals surface area (Å²) >= 11 is 0. The number of aromatic nitrogens is 1. The maximum absolute atomic E-state index is 14.9. The quantitative estimate of drug-likeness (QED) is 0.684. The highest BCUT2D eigenvalue weighted by Gasteiger charge is 2.29. The second-order valence-corrected chi connectivity index (χ2v) is 7.46. The van der Waals surface area contributed by atoms with Crippen LogP contribution in [0.1, 0.15) is 23.7 Å². The molecule has 0 amide bonds. The minimum atomic E-state index is -1.54. The Labute approximate surface area is 168 Å². The molecular formula is C21H18F3N3O3. The zero-order valence-electron chi connectivity index (χ0n) is 15.9. The molecule has 1 fully saturated rings. The summed E-state index contributed by atoms with van der Waals surface area (Å²) in [5.41, 5.74) is 4.52. The molecule has 1 saturated heterocycles. The largest absolute Gasteiger partial charge is 0.477 e. The molecule has 0 saturated carbocycles. The number of hydrogen-bond acceptors (Lipinski definition) is 4. The molecule has 3 N–H and O–H groups in total. The number of pyridine rings is 1. The number of nitrogens with two attached hydrogens (primary N) is 1. The van der Waals surface area contributed by atoms with E-state index >= 15 is 0 Å². The first kappa shape index (κ1) is 20.0. The number of benzene rings is 2. The van der Waals surface area contributed by atoms with Crippen molar-refractivity contribution in [3.63, 3.8) is 0 Å². The first-order valence-corrected chi connectivity index (χ1v) is 9.27. The van der Waals surface area contributed by atoms with Gasteiger partial charge >= 0.3 is 5.97 Å². The summed E-state index contributed by atoms with van der Waals surface area (Å²) in [5, 5.41) is 9.16. The Morgan fingerprint density at radius 3 is 2.43 bits per heavy atom. The van der Waals surface area contributed by atoms with Gasteiger partial charge in [0, 0.05) is 36.3 Å². The third kappa shape index (κ3) is 3.21. The molecule has 156 valence electrons. The lowest BCUT2D eigenvalue weighted by molar-refractivity contribution is 0.0695. The molecular weight excluding hydrogens is 399 g/mol. The molecule has 3 aromatic rings. The molecule has 1 aliphatic rings. The molecule has 0 spiro atoms. The van der Waals surface area contributed by atoms with E-state index < -0.39 is 34.4 Å². The molecule has 2 heterocycles. The van der Waals surface area contributed by atoms with Crippen LogP contribution in [0.5, 0.6) is 0 Å². The van der Waals surface area contributed by atoms with Crippen molar-refractivity contribution in [3.8, 4) is 5.69 Å². The summed E-state index contributed by atoms with van der Waals surface area (Å²) < 4.78 is 44.0. The number of anilines is 1. The van der Waals surface area contributed by atoms with Gasteiger partial charge in [0.05, 0.1) is 16.9 Å². The number of carbonyl (C=O) groups is 1. The number of nitrogens with zero attached hydrogens (tertiary/aromatic N) is 2. The van der Waals surface area contributed by atoms with Gasteiger partial charge in [0.15, 0.2) is 0 Å². The zero-order chi connectivity index (χ0) is 21.7. The molecule has 2 aromatic carbocycles. The van der Waals surface area contributed by atoms with Crippen LogP contribution in [-0.2, 0) is 0 Å². The lowest BCUT2D eigenvalue weighted by atomic mass is 10.1. The number of carboxylic acids is 1. The minimum Gasteiger partial charge on any atom is -0.477 e. The van der Waals surface area contributed by atoms with Gasteiger partial charge in [-0.15, -0.1) is 0 Å². The number of halogens is 3. The van der Waals surface area contributed by atoms with Crippen molar-refractivity contribution in [1.29, 1.82) is 0 Å².